The smallest absolute Gasteiger partial charge is 0.247 e. The Morgan fingerprint density at radius 1 is 1.29 bits per heavy atom. The van der Waals surface area contributed by atoms with Crippen LogP contribution >= 0.6 is 0 Å². The van der Waals surface area contributed by atoms with E-state index in [0.29, 0.717) is 6.42 Å². The molecule has 0 aromatic heterocycles. The van der Waals surface area contributed by atoms with E-state index in [1.807, 2.05) is 12.1 Å². The molecule has 1 aromatic rings. The van der Waals surface area contributed by atoms with Crippen LogP contribution in [0.2, 0.25) is 0 Å². The van der Waals surface area contributed by atoms with Gasteiger partial charge in [-0.3, -0.25) is 9.59 Å². The Kier molecular flexibility index (Phi) is 3.24. The minimum atomic E-state index is -0.460. The maximum absolute atomic E-state index is 12.8. The summed E-state index contributed by atoms with van der Waals surface area (Å²) in [7, 11) is 0. The monoisotopic (exact) mass is 325 g/mol. The molecule has 2 saturated heterocycles. The highest BCUT2D eigenvalue weighted by Crippen LogP contribution is 2.53. The van der Waals surface area contributed by atoms with Crippen LogP contribution in [0.1, 0.15) is 39.2 Å². The third-order valence-electron chi connectivity index (χ3n) is 5.61. The van der Waals surface area contributed by atoms with Gasteiger partial charge in [-0.15, -0.1) is 0 Å². The molecule has 0 unspecified atom stereocenters. The standard InChI is InChI=1S/C19H23N3O2/c1-11(2)8-9-19-10-15-16(23)20-12(3)17(24)22(15)18(19)21-14-7-5-4-6-13(14)19/h4-8,12,15,18,21H,9-10H2,1-3H3,(H,20,23)/t12-,15-,18+,19+/m0/s1. The normalized spacial score (nSPS) is 33.3. The van der Waals surface area contributed by atoms with Gasteiger partial charge in [0.15, 0.2) is 0 Å². The van der Waals surface area contributed by atoms with E-state index in [1.165, 1.54) is 11.1 Å². The number of nitrogens with one attached hydrogen (secondary N) is 2. The van der Waals surface area contributed by atoms with Crippen molar-refractivity contribution in [1.82, 2.24) is 10.2 Å². The van der Waals surface area contributed by atoms with Crippen LogP contribution in [0.25, 0.3) is 0 Å². The number of piperazine rings is 1. The number of amides is 2. The molecule has 0 spiro atoms. The number of anilines is 1. The molecular weight excluding hydrogens is 302 g/mol. The summed E-state index contributed by atoms with van der Waals surface area (Å²) in [5.41, 5.74) is 3.31. The first-order chi connectivity index (χ1) is 11.4. The van der Waals surface area contributed by atoms with Crippen molar-refractivity contribution in [2.24, 2.45) is 0 Å². The second-order valence-electron chi connectivity index (χ2n) is 7.43. The van der Waals surface area contributed by atoms with Crippen molar-refractivity contribution < 1.29 is 9.59 Å². The molecule has 24 heavy (non-hydrogen) atoms. The van der Waals surface area contributed by atoms with Crippen LogP contribution in [-0.4, -0.2) is 35.0 Å². The highest BCUT2D eigenvalue weighted by molar-refractivity contribution is 5.98. The fourth-order valence-corrected chi connectivity index (χ4v) is 4.44. The number of nitrogens with zero attached hydrogens (tertiary/aromatic N) is 1. The Hall–Kier alpha value is -2.30. The van der Waals surface area contributed by atoms with Crippen molar-refractivity contribution >= 4 is 17.5 Å². The van der Waals surface area contributed by atoms with E-state index in [4.69, 9.17) is 0 Å². The highest BCUT2D eigenvalue weighted by atomic mass is 16.2. The fraction of sp³-hybridized carbons (Fsp3) is 0.474. The van der Waals surface area contributed by atoms with E-state index >= 15 is 0 Å². The Labute approximate surface area is 142 Å². The van der Waals surface area contributed by atoms with Gasteiger partial charge in [0.1, 0.15) is 18.2 Å². The minimum absolute atomic E-state index is 0.00369. The van der Waals surface area contributed by atoms with Crippen LogP contribution in [-0.2, 0) is 15.0 Å². The summed E-state index contributed by atoms with van der Waals surface area (Å²) >= 11 is 0. The van der Waals surface area contributed by atoms with Crippen LogP contribution in [0.4, 0.5) is 5.69 Å². The molecule has 3 aliphatic rings. The third-order valence-corrected chi connectivity index (χ3v) is 5.61. The topological polar surface area (TPSA) is 61.4 Å². The molecule has 5 heteroatoms. The van der Waals surface area contributed by atoms with Crippen LogP contribution in [0, 0.1) is 0 Å². The van der Waals surface area contributed by atoms with Gasteiger partial charge in [0.2, 0.25) is 11.8 Å². The second-order valence-corrected chi connectivity index (χ2v) is 7.43. The molecule has 2 N–H and O–H groups in total. The fourth-order valence-electron chi connectivity index (χ4n) is 4.44. The van der Waals surface area contributed by atoms with Crippen molar-refractivity contribution in [2.75, 3.05) is 5.32 Å². The number of para-hydroxylation sites is 1. The van der Waals surface area contributed by atoms with Crippen LogP contribution < -0.4 is 10.6 Å². The molecule has 3 heterocycles. The van der Waals surface area contributed by atoms with Crippen molar-refractivity contribution in [3.8, 4) is 0 Å². The van der Waals surface area contributed by atoms with Crippen molar-refractivity contribution in [1.29, 1.82) is 0 Å². The summed E-state index contributed by atoms with van der Waals surface area (Å²) < 4.78 is 0. The molecule has 0 aliphatic carbocycles. The number of carbonyl (C=O) groups excluding carboxylic acids is 2. The number of benzene rings is 1. The number of carbonyl (C=O) groups is 2. The molecule has 5 nitrogen and oxygen atoms in total. The van der Waals surface area contributed by atoms with E-state index < -0.39 is 6.04 Å². The molecule has 3 aliphatic heterocycles. The average Bonchev–Trinajstić information content (AvgIpc) is 3.02. The summed E-state index contributed by atoms with van der Waals surface area (Å²) in [6.45, 7) is 5.93. The van der Waals surface area contributed by atoms with Gasteiger partial charge < -0.3 is 15.5 Å². The average molecular weight is 325 g/mol. The number of fused-ring (bicyclic) bond motifs is 5. The Bertz CT molecular complexity index is 753. The Morgan fingerprint density at radius 2 is 2.04 bits per heavy atom. The molecule has 2 fully saturated rings. The quantitative estimate of drug-likeness (QED) is 0.819. The second kappa shape index (κ2) is 5.10. The van der Waals surface area contributed by atoms with E-state index in [-0.39, 0.29) is 29.4 Å². The van der Waals surface area contributed by atoms with Gasteiger partial charge in [-0.1, -0.05) is 29.8 Å². The first-order valence-corrected chi connectivity index (χ1v) is 8.56. The number of hydrogen-bond donors (Lipinski definition) is 2. The molecule has 4 rings (SSSR count). The third kappa shape index (κ3) is 1.93. The van der Waals surface area contributed by atoms with E-state index in [1.54, 1.807) is 11.8 Å². The Morgan fingerprint density at radius 3 is 2.79 bits per heavy atom. The molecule has 2 amide bonds. The van der Waals surface area contributed by atoms with E-state index in [0.717, 1.165) is 12.1 Å². The zero-order chi connectivity index (χ0) is 17.1. The van der Waals surface area contributed by atoms with Gasteiger partial charge in [-0.2, -0.15) is 0 Å². The van der Waals surface area contributed by atoms with Crippen molar-refractivity contribution in [3.63, 3.8) is 0 Å². The number of allylic oxidation sites excluding steroid dienone is 2. The predicted octanol–water partition coefficient (Wildman–Crippen LogP) is 2.15. The molecular formula is C19H23N3O2. The summed E-state index contributed by atoms with van der Waals surface area (Å²) in [6.07, 6.45) is 3.56. The van der Waals surface area contributed by atoms with Crippen LogP contribution in [0.5, 0.6) is 0 Å². The summed E-state index contributed by atoms with van der Waals surface area (Å²) in [5.74, 6) is -0.0312. The van der Waals surface area contributed by atoms with Crippen molar-refractivity contribution in [3.05, 3.63) is 41.5 Å². The minimum Gasteiger partial charge on any atom is -0.364 e. The van der Waals surface area contributed by atoms with E-state index in [9.17, 15) is 9.59 Å². The first kappa shape index (κ1) is 15.2. The van der Waals surface area contributed by atoms with E-state index in [2.05, 4.69) is 42.7 Å². The molecule has 0 saturated carbocycles. The largest absolute Gasteiger partial charge is 0.364 e. The first-order valence-electron chi connectivity index (χ1n) is 8.56. The van der Waals surface area contributed by atoms with Gasteiger partial charge in [-0.25, -0.2) is 0 Å². The lowest BCUT2D eigenvalue weighted by molar-refractivity contribution is -0.148. The maximum Gasteiger partial charge on any atom is 0.247 e. The highest BCUT2D eigenvalue weighted by Gasteiger charge is 2.61. The summed E-state index contributed by atoms with van der Waals surface area (Å²) in [6, 6.07) is 7.39. The number of hydrogen-bond acceptors (Lipinski definition) is 3. The van der Waals surface area contributed by atoms with Gasteiger partial charge >= 0.3 is 0 Å². The molecule has 4 atom stereocenters. The Balaban J connectivity index is 1.84. The van der Waals surface area contributed by atoms with Gasteiger partial charge in [0.25, 0.3) is 0 Å². The zero-order valence-electron chi connectivity index (χ0n) is 14.3. The lowest BCUT2D eigenvalue weighted by atomic mass is 9.75. The lowest BCUT2D eigenvalue weighted by Crippen LogP contribution is -2.63. The van der Waals surface area contributed by atoms with Crippen LogP contribution in [0.15, 0.2) is 35.9 Å². The lowest BCUT2D eigenvalue weighted by Gasteiger charge is -2.37. The van der Waals surface area contributed by atoms with Crippen LogP contribution in [0.3, 0.4) is 0 Å². The number of rotatable bonds is 2. The molecule has 1 aromatic carbocycles. The van der Waals surface area contributed by atoms with Gasteiger partial charge in [0, 0.05) is 11.1 Å². The predicted molar refractivity (Wildman–Crippen MR) is 92.4 cm³/mol. The SMILES string of the molecule is CC(C)=CC[C@]12C[C@H]3C(=O)N[C@@H](C)C(=O)N3[C@H]1Nc1ccccc12. The van der Waals surface area contributed by atoms with Crippen molar-refractivity contribution in [2.45, 2.75) is 57.3 Å². The molecule has 0 radical (unpaired) electrons. The summed E-state index contributed by atoms with van der Waals surface area (Å²) in [4.78, 5) is 27.1. The zero-order valence-corrected chi connectivity index (χ0v) is 14.3. The van der Waals surface area contributed by atoms with Gasteiger partial charge in [-0.05, 0) is 45.2 Å². The molecule has 0 bridgehead atoms. The summed E-state index contributed by atoms with van der Waals surface area (Å²) in [5, 5.41) is 6.35. The maximum atomic E-state index is 12.8. The molecule has 126 valence electrons. The van der Waals surface area contributed by atoms with Gasteiger partial charge in [0.05, 0.1) is 0 Å².